The summed E-state index contributed by atoms with van der Waals surface area (Å²) in [7, 11) is -3.10. The minimum absolute atomic E-state index is 0. The third-order valence-corrected chi connectivity index (χ3v) is 5.29. The van der Waals surface area contributed by atoms with Crippen molar-refractivity contribution in [3.63, 3.8) is 0 Å². The Labute approximate surface area is 168 Å². The van der Waals surface area contributed by atoms with Gasteiger partial charge in [0.05, 0.1) is 17.2 Å². The summed E-state index contributed by atoms with van der Waals surface area (Å²) in [5.74, 6) is -0.625. The van der Waals surface area contributed by atoms with Crippen LogP contribution in [0.1, 0.15) is 45.1 Å². The normalized spacial score (nSPS) is 17.3. The number of aliphatic hydroxyl groups is 1. The van der Waals surface area contributed by atoms with E-state index >= 15 is 0 Å². The number of hydrogen-bond donors (Lipinski definition) is 2. The minimum atomic E-state index is -3.10. The predicted molar refractivity (Wildman–Crippen MR) is 110 cm³/mol. The molecule has 2 rings (SSSR count). The van der Waals surface area contributed by atoms with Gasteiger partial charge in [0.1, 0.15) is 0 Å². The summed E-state index contributed by atoms with van der Waals surface area (Å²) >= 11 is 0. The van der Waals surface area contributed by atoms with E-state index in [1.165, 1.54) is 31.2 Å². The Morgan fingerprint density at radius 3 is 2.68 bits per heavy atom. The third kappa shape index (κ3) is 9.87. The molecule has 0 aromatic heterocycles. The summed E-state index contributed by atoms with van der Waals surface area (Å²) < 4.78 is 27.4. The highest BCUT2D eigenvalue weighted by atomic mass is 32.2. The maximum absolute atomic E-state index is 11.6. The summed E-state index contributed by atoms with van der Waals surface area (Å²) in [6.45, 7) is 5.08. The number of ether oxygens (including phenoxy) is 1. The van der Waals surface area contributed by atoms with Crippen LogP contribution in [-0.4, -0.2) is 62.2 Å². The highest BCUT2D eigenvalue weighted by Gasteiger charge is 2.21. The van der Waals surface area contributed by atoms with Gasteiger partial charge < -0.3 is 19.8 Å². The van der Waals surface area contributed by atoms with Gasteiger partial charge in [0, 0.05) is 12.8 Å². The molecule has 1 heterocycles. The monoisotopic (exact) mass is 415 g/mol. The second-order valence-electron chi connectivity index (χ2n) is 6.42. The molecule has 0 bridgehead atoms. The first-order valence-corrected chi connectivity index (χ1v) is 10.8. The fourth-order valence-electron chi connectivity index (χ4n) is 3.00. The van der Waals surface area contributed by atoms with E-state index in [4.69, 9.17) is 10.2 Å². The van der Waals surface area contributed by atoms with Crippen molar-refractivity contribution < 1.29 is 28.2 Å². The lowest BCUT2D eigenvalue weighted by molar-refractivity contribution is -0.131. The zero-order valence-electron chi connectivity index (χ0n) is 15.9. The smallest absolute Gasteiger partial charge is 0.331 e. The highest BCUT2D eigenvalue weighted by molar-refractivity contribution is 7.90. The van der Waals surface area contributed by atoms with Crippen molar-refractivity contribution in [2.24, 2.45) is 0 Å². The van der Waals surface area contributed by atoms with E-state index in [-0.39, 0.29) is 7.43 Å². The number of nitrogens with zero attached hydrogens (tertiary/aromatic N) is 1. The molecule has 28 heavy (non-hydrogen) atoms. The summed E-state index contributed by atoms with van der Waals surface area (Å²) in [5, 5.41) is 15.8. The minimum Gasteiger partial charge on any atom is -0.478 e. The quantitative estimate of drug-likeness (QED) is 0.401. The molecule has 0 radical (unpaired) electrons. The molecule has 0 saturated carbocycles. The lowest BCUT2D eigenvalue weighted by Gasteiger charge is -2.32. The van der Waals surface area contributed by atoms with Crippen molar-refractivity contribution in [2.75, 3.05) is 32.7 Å². The Kier molecular flexibility index (Phi) is 12.4. The van der Waals surface area contributed by atoms with Crippen LogP contribution in [0.4, 0.5) is 0 Å². The van der Waals surface area contributed by atoms with Crippen molar-refractivity contribution in [2.45, 2.75) is 44.4 Å². The number of sulfone groups is 1. The Balaban J connectivity index is 0.000000694. The molecular weight excluding hydrogens is 382 g/mol. The van der Waals surface area contributed by atoms with E-state index < -0.39 is 22.6 Å². The fourth-order valence-corrected chi connectivity index (χ4v) is 3.67. The van der Waals surface area contributed by atoms with E-state index in [1.54, 1.807) is 6.07 Å². The Morgan fingerprint density at radius 1 is 1.39 bits per heavy atom. The number of aliphatic hydroxyl groups excluding tert-OH is 1. The average Bonchev–Trinajstić information content (AvgIpc) is 2.62. The van der Waals surface area contributed by atoms with E-state index in [1.807, 2.05) is 12.1 Å². The molecule has 8 heteroatoms. The largest absolute Gasteiger partial charge is 0.478 e. The Bertz CT molecular complexity index is 715. The maximum atomic E-state index is 11.6. The van der Waals surface area contributed by atoms with Crippen molar-refractivity contribution in [3.05, 3.63) is 42.2 Å². The second kappa shape index (κ2) is 13.3. The first kappa shape index (κ1) is 26.1. The van der Waals surface area contributed by atoms with Gasteiger partial charge in [-0.25, -0.2) is 13.2 Å². The topological polar surface area (TPSA) is 104 Å². The number of benzene rings is 1. The first-order chi connectivity index (χ1) is 12.8. The molecular formula is C20H33NO6S. The van der Waals surface area contributed by atoms with Crippen LogP contribution < -0.4 is 0 Å². The highest BCUT2D eigenvalue weighted by Crippen LogP contribution is 2.28. The molecule has 160 valence electrons. The van der Waals surface area contributed by atoms with Gasteiger partial charge in [0.15, 0.2) is 16.6 Å². The SMILES string of the molecule is C.CCCN1CCC[C@@H](c2cccc(S(C)(=O)=O)c2)C1.O=C(O)/C=C/OCO. The number of aliphatic carboxylic acids is 1. The fraction of sp³-hybridized carbons (Fsp3) is 0.550. The van der Waals surface area contributed by atoms with Gasteiger partial charge in [-0.2, -0.15) is 0 Å². The summed E-state index contributed by atoms with van der Waals surface area (Å²) in [6, 6.07) is 7.47. The molecule has 7 nitrogen and oxygen atoms in total. The van der Waals surface area contributed by atoms with Gasteiger partial charge >= 0.3 is 5.97 Å². The molecule has 1 aliphatic heterocycles. The maximum Gasteiger partial charge on any atom is 0.331 e. The second-order valence-corrected chi connectivity index (χ2v) is 8.44. The standard InChI is InChI=1S/C15H23NO2S.C4H6O4.CH4/c1-3-9-16-10-5-7-14(12-16)13-6-4-8-15(11-13)19(2,17)18;5-3-8-2-1-4(6)7;/h4,6,8,11,14H,3,5,7,9-10,12H2,1-2H3;1-2,5H,3H2,(H,6,7);1H4/b;2-1+;/t14-;;/m1../s1. The van der Waals surface area contributed by atoms with Gasteiger partial charge in [0.2, 0.25) is 0 Å². The van der Waals surface area contributed by atoms with Crippen LogP contribution in [0.15, 0.2) is 41.5 Å². The number of carbonyl (C=O) groups is 1. The van der Waals surface area contributed by atoms with Gasteiger partial charge in [-0.05, 0) is 56.0 Å². The molecule has 1 atom stereocenters. The number of carboxylic acid groups (broad SMARTS) is 1. The number of likely N-dealkylation sites (tertiary alicyclic amines) is 1. The first-order valence-electron chi connectivity index (χ1n) is 8.92. The van der Waals surface area contributed by atoms with Crippen molar-refractivity contribution in [1.29, 1.82) is 0 Å². The molecule has 0 amide bonds. The summed E-state index contributed by atoms with van der Waals surface area (Å²) in [5.41, 5.74) is 1.17. The van der Waals surface area contributed by atoms with E-state index in [2.05, 4.69) is 22.6 Å². The van der Waals surface area contributed by atoms with Crippen LogP contribution in [0.2, 0.25) is 0 Å². The van der Waals surface area contributed by atoms with Crippen LogP contribution in [0.3, 0.4) is 0 Å². The zero-order chi connectivity index (χ0) is 20.3. The zero-order valence-corrected chi connectivity index (χ0v) is 16.7. The van der Waals surface area contributed by atoms with Crippen molar-refractivity contribution in [1.82, 2.24) is 4.90 Å². The number of piperidine rings is 1. The van der Waals surface area contributed by atoms with Gasteiger partial charge in [-0.3, -0.25) is 0 Å². The number of hydrogen-bond acceptors (Lipinski definition) is 6. The molecule has 1 aliphatic rings. The van der Waals surface area contributed by atoms with Gasteiger partial charge in [-0.1, -0.05) is 26.5 Å². The molecule has 1 saturated heterocycles. The van der Waals surface area contributed by atoms with Crippen LogP contribution in [0.5, 0.6) is 0 Å². The van der Waals surface area contributed by atoms with Crippen molar-refractivity contribution in [3.8, 4) is 0 Å². The van der Waals surface area contributed by atoms with Gasteiger partial charge in [0.25, 0.3) is 0 Å². The molecule has 1 aromatic carbocycles. The van der Waals surface area contributed by atoms with Gasteiger partial charge in [-0.15, -0.1) is 0 Å². The van der Waals surface area contributed by atoms with E-state index in [9.17, 15) is 13.2 Å². The lowest BCUT2D eigenvalue weighted by Crippen LogP contribution is -2.34. The Hall–Kier alpha value is -1.90. The van der Waals surface area contributed by atoms with E-state index in [0.29, 0.717) is 10.8 Å². The predicted octanol–water partition coefficient (Wildman–Crippen LogP) is 2.87. The average molecular weight is 416 g/mol. The molecule has 1 aromatic rings. The molecule has 0 unspecified atom stereocenters. The lowest BCUT2D eigenvalue weighted by atomic mass is 9.90. The van der Waals surface area contributed by atoms with Crippen LogP contribution in [0, 0.1) is 0 Å². The number of rotatable bonds is 7. The van der Waals surface area contributed by atoms with Crippen molar-refractivity contribution >= 4 is 15.8 Å². The summed E-state index contributed by atoms with van der Waals surface area (Å²) in [6.07, 6.45) is 6.51. The third-order valence-electron chi connectivity index (χ3n) is 4.18. The Morgan fingerprint density at radius 2 is 2.11 bits per heavy atom. The summed E-state index contributed by atoms with van der Waals surface area (Å²) in [4.78, 5) is 12.6. The molecule has 0 spiro atoms. The molecule has 0 aliphatic carbocycles. The van der Waals surface area contributed by atoms with Crippen LogP contribution >= 0.6 is 0 Å². The van der Waals surface area contributed by atoms with Crippen LogP contribution in [0.25, 0.3) is 0 Å². The van der Waals surface area contributed by atoms with Crippen LogP contribution in [-0.2, 0) is 19.4 Å². The molecule has 2 N–H and O–H groups in total. The number of carboxylic acids is 1. The van der Waals surface area contributed by atoms with E-state index in [0.717, 1.165) is 31.8 Å². The molecule has 1 fully saturated rings.